The van der Waals surface area contributed by atoms with Crippen LogP contribution in [0.2, 0.25) is 0 Å². The van der Waals surface area contributed by atoms with E-state index in [-0.39, 0.29) is 0 Å². The SMILES string of the molecule is ClCc1cncn1CCc1ccc(Br)s1. The maximum Gasteiger partial charge on any atom is 0.0948 e. The highest BCUT2D eigenvalue weighted by Crippen LogP contribution is 2.22. The summed E-state index contributed by atoms with van der Waals surface area (Å²) in [6.45, 7) is 0.939. The molecule has 0 aliphatic carbocycles. The minimum atomic E-state index is 0.522. The Hall–Kier alpha value is -0.320. The highest BCUT2D eigenvalue weighted by atomic mass is 79.9. The molecule has 15 heavy (non-hydrogen) atoms. The van der Waals surface area contributed by atoms with E-state index in [1.165, 1.54) is 8.66 Å². The molecule has 2 nitrogen and oxygen atoms in total. The summed E-state index contributed by atoms with van der Waals surface area (Å²) >= 11 is 11.0. The third-order valence-electron chi connectivity index (χ3n) is 2.16. The molecule has 0 amide bonds. The van der Waals surface area contributed by atoms with Crippen LogP contribution in [0.25, 0.3) is 0 Å². The highest BCUT2D eigenvalue weighted by Gasteiger charge is 2.02. The molecule has 2 rings (SSSR count). The van der Waals surface area contributed by atoms with Gasteiger partial charge in [0, 0.05) is 17.6 Å². The minimum Gasteiger partial charge on any atom is -0.333 e. The normalized spacial score (nSPS) is 10.8. The van der Waals surface area contributed by atoms with E-state index < -0.39 is 0 Å². The molecule has 2 aromatic heterocycles. The Kier molecular flexibility index (Phi) is 3.83. The van der Waals surface area contributed by atoms with Gasteiger partial charge in [-0.3, -0.25) is 0 Å². The van der Waals surface area contributed by atoms with Gasteiger partial charge in [0.25, 0.3) is 0 Å². The van der Waals surface area contributed by atoms with Crippen molar-refractivity contribution < 1.29 is 0 Å². The van der Waals surface area contributed by atoms with E-state index in [0.29, 0.717) is 5.88 Å². The molecule has 0 saturated heterocycles. The molecular weight excluding hydrogens is 296 g/mol. The predicted molar refractivity (Wildman–Crippen MR) is 67.5 cm³/mol. The van der Waals surface area contributed by atoms with Crippen molar-refractivity contribution in [2.24, 2.45) is 0 Å². The van der Waals surface area contributed by atoms with Crippen molar-refractivity contribution in [1.29, 1.82) is 0 Å². The monoisotopic (exact) mass is 304 g/mol. The van der Waals surface area contributed by atoms with Crippen molar-refractivity contribution >= 4 is 38.9 Å². The van der Waals surface area contributed by atoms with Crippen molar-refractivity contribution in [3.63, 3.8) is 0 Å². The third-order valence-corrected chi connectivity index (χ3v) is 4.12. The fourth-order valence-electron chi connectivity index (χ4n) is 1.38. The van der Waals surface area contributed by atoms with Crippen molar-refractivity contribution in [1.82, 2.24) is 9.55 Å². The van der Waals surface area contributed by atoms with Crippen LogP contribution in [-0.4, -0.2) is 9.55 Å². The first kappa shape index (κ1) is 11.2. The van der Waals surface area contributed by atoms with E-state index in [1.807, 2.05) is 12.5 Å². The van der Waals surface area contributed by atoms with Crippen LogP contribution in [0.1, 0.15) is 10.6 Å². The second kappa shape index (κ2) is 5.14. The first-order valence-corrected chi connectivity index (χ1v) is 6.73. The summed E-state index contributed by atoms with van der Waals surface area (Å²) in [7, 11) is 0. The van der Waals surface area contributed by atoms with Crippen LogP contribution in [0.5, 0.6) is 0 Å². The molecule has 0 atom stereocenters. The molecule has 0 aromatic carbocycles. The summed E-state index contributed by atoms with van der Waals surface area (Å²) in [6, 6.07) is 4.22. The number of nitrogens with zero attached hydrogens (tertiary/aromatic N) is 2. The molecular formula is C10H10BrClN2S. The molecule has 0 saturated carbocycles. The second-order valence-corrected chi connectivity index (χ2v) is 5.98. The molecule has 0 unspecified atom stereocenters. The van der Waals surface area contributed by atoms with Crippen LogP contribution in [-0.2, 0) is 18.8 Å². The molecule has 0 fully saturated rings. The fraction of sp³-hybridized carbons (Fsp3) is 0.300. The number of halogens is 2. The number of hydrogen-bond donors (Lipinski definition) is 0. The number of hydrogen-bond acceptors (Lipinski definition) is 2. The van der Waals surface area contributed by atoms with Gasteiger partial charge in [-0.15, -0.1) is 22.9 Å². The average Bonchev–Trinajstić information content (AvgIpc) is 2.83. The maximum absolute atomic E-state index is 5.79. The lowest BCUT2D eigenvalue weighted by Crippen LogP contribution is -2.02. The third kappa shape index (κ3) is 2.83. The van der Waals surface area contributed by atoms with Crippen LogP contribution in [0, 0.1) is 0 Å². The summed E-state index contributed by atoms with van der Waals surface area (Å²) < 4.78 is 3.28. The Morgan fingerprint density at radius 3 is 3.00 bits per heavy atom. The number of imidazole rings is 1. The van der Waals surface area contributed by atoms with Crippen molar-refractivity contribution in [2.75, 3.05) is 0 Å². The predicted octanol–water partition coefficient (Wildman–Crippen LogP) is 3.69. The van der Waals surface area contributed by atoms with Crippen LogP contribution >= 0.6 is 38.9 Å². The van der Waals surface area contributed by atoms with Gasteiger partial charge < -0.3 is 4.57 Å². The molecule has 0 aliphatic heterocycles. The van der Waals surface area contributed by atoms with Crippen LogP contribution in [0.15, 0.2) is 28.4 Å². The molecule has 5 heteroatoms. The molecule has 80 valence electrons. The van der Waals surface area contributed by atoms with Gasteiger partial charge in [0.05, 0.1) is 21.7 Å². The largest absolute Gasteiger partial charge is 0.333 e. The number of rotatable bonds is 4. The van der Waals surface area contributed by atoms with Crippen LogP contribution in [0.3, 0.4) is 0 Å². The number of aromatic nitrogens is 2. The lowest BCUT2D eigenvalue weighted by atomic mass is 10.3. The molecule has 0 N–H and O–H groups in total. The zero-order valence-electron chi connectivity index (χ0n) is 7.99. The molecule has 0 radical (unpaired) electrons. The molecule has 0 bridgehead atoms. The summed E-state index contributed by atoms with van der Waals surface area (Å²) in [5, 5.41) is 0. The Morgan fingerprint density at radius 1 is 1.47 bits per heavy atom. The summed E-state index contributed by atoms with van der Waals surface area (Å²) in [4.78, 5) is 5.45. The Labute approximate surface area is 106 Å². The van der Waals surface area contributed by atoms with Gasteiger partial charge >= 0.3 is 0 Å². The van der Waals surface area contributed by atoms with Crippen molar-refractivity contribution in [3.8, 4) is 0 Å². The van der Waals surface area contributed by atoms with Crippen LogP contribution in [0.4, 0.5) is 0 Å². The van der Waals surface area contributed by atoms with E-state index in [4.69, 9.17) is 11.6 Å². The topological polar surface area (TPSA) is 17.8 Å². The average molecular weight is 306 g/mol. The minimum absolute atomic E-state index is 0.522. The first-order valence-electron chi connectivity index (χ1n) is 4.59. The van der Waals surface area contributed by atoms with E-state index in [9.17, 15) is 0 Å². The van der Waals surface area contributed by atoms with Crippen LogP contribution < -0.4 is 0 Å². The van der Waals surface area contributed by atoms with Crippen molar-refractivity contribution in [2.45, 2.75) is 18.8 Å². The zero-order chi connectivity index (χ0) is 10.7. The van der Waals surface area contributed by atoms with E-state index in [2.05, 4.69) is 37.6 Å². The van der Waals surface area contributed by atoms with Gasteiger partial charge in [-0.1, -0.05) is 0 Å². The molecule has 2 aromatic rings. The van der Waals surface area contributed by atoms with Gasteiger partial charge in [0.2, 0.25) is 0 Å². The summed E-state index contributed by atoms with van der Waals surface area (Å²) in [5.74, 6) is 0.522. The zero-order valence-corrected chi connectivity index (χ0v) is 11.1. The summed E-state index contributed by atoms with van der Waals surface area (Å²) in [5.41, 5.74) is 1.08. The molecule has 0 spiro atoms. The summed E-state index contributed by atoms with van der Waals surface area (Å²) in [6.07, 6.45) is 4.67. The molecule has 2 heterocycles. The van der Waals surface area contributed by atoms with Gasteiger partial charge in [0.15, 0.2) is 0 Å². The standard InChI is InChI=1S/C10H10BrClN2S/c11-10-2-1-9(15-10)3-4-14-7-13-6-8(14)5-12/h1-2,6-7H,3-5H2. The first-order chi connectivity index (χ1) is 7.29. The fourth-order valence-corrected chi connectivity index (χ4v) is 3.07. The van der Waals surface area contributed by atoms with Crippen molar-refractivity contribution in [3.05, 3.63) is 39.0 Å². The Bertz CT molecular complexity index is 438. The number of aryl methyl sites for hydroxylation is 2. The second-order valence-electron chi connectivity index (χ2n) is 3.17. The van der Waals surface area contributed by atoms with Gasteiger partial charge in [-0.2, -0.15) is 0 Å². The Balaban J connectivity index is 1.98. The van der Waals surface area contributed by atoms with E-state index in [1.54, 1.807) is 11.3 Å². The molecule has 0 aliphatic rings. The van der Waals surface area contributed by atoms with E-state index in [0.717, 1.165) is 18.7 Å². The van der Waals surface area contributed by atoms with Gasteiger partial charge in [-0.25, -0.2) is 4.98 Å². The van der Waals surface area contributed by atoms with Gasteiger partial charge in [0.1, 0.15) is 0 Å². The lowest BCUT2D eigenvalue weighted by molar-refractivity contribution is 0.679. The number of thiophene rings is 1. The lowest BCUT2D eigenvalue weighted by Gasteiger charge is -2.04. The number of alkyl halides is 1. The Morgan fingerprint density at radius 2 is 2.33 bits per heavy atom. The smallest absolute Gasteiger partial charge is 0.0948 e. The van der Waals surface area contributed by atoms with Gasteiger partial charge in [-0.05, 0) is 34.5 Å². The highest BCUT2D eigenvalue weighted by molar-refractivity contribution is 9.11. The maximum atomic E-state index is 5.79. The van der Waals surface area contributed by atoms with E-state index >= 15 is 0 Å². The quantitative estimate of drug-likeness (QED) is 0.788.